The lowest BCUT2D eigenvalue weighted by molar-refractivity contribution is -0.133. The van der Waals surface area contributed by atoms with Crippen molar-refractivity contribution in [2.75, 3.05) is 19.7 Å². The molecule has 0 aromatic rings. The van der Waals surface area contributed by atoms with Crippen molar-refractivity contribution < 1.29 is 14.3 Å². The highest BCUT2D eigenvalue weighted by Gasteiger charge is 2.37. The summed E-state index contributed by atoms with van der Waals surface area (Å²) in [5.41, 5.74) is 0. The summed E-state index contributed by atoms with van der Waals surface area (Å²) >= 11 is 0. The van der Waals surface area contributed by atoms with Crippen molar-refractivity contribution in [2.24, 2.45) is 5.92 Å². The largest absolute Gasteiger partial charge is 0.467 e. The predicted molar refractivity (Wildman–Crippen MR) is 59.0 cm³/mol. The fraction of sp³-hybridized carbons (Fsp3) is 0.833. The van der Waals surface area contributed by atoms with Crippen molar-refractivity contribution in [3.63, 3.8) is 0 Å². The number of nitrogens with zero attached hydrogens (tertiary/aromatic N) is 1. The van der Waals surface area contributed by atoms with Crippen LogP contribution in [0.25, 0.3) is 0 Å². The SMILES string of the molecule is O=COCCN1CCCC2C(=O)CCCC21. The molecule has 0 spiro atoms. The van der Waals surface area contributed by atoms with Crippen molar-refractivity contribution in [2.45, 2.75) is 38.1 Å². The van der Waals surface area contributed by atoms with E-state index < -0.39 is 0 Å². The minimum absolute atomic E-state index is 0.249. The van der Waals surface area contributed by atoms with Gasteiger partial charge in [0.1, 0.15) is 12.4 Å². The molecule has 4 heteroatoms. The third-order valence-electron chi connectivity index (χ3n) is 3.79. The van der Waals surface area contributed by atoms with Crippen LogP contribution in [0.2, 0.25) is 0 Å². The Balaban J connectivity index is 1.91. The molecule has 1 aliphatic carbocycles. The zero-order valence-electron chi connectivity index (χ0n) is 9.56. The lowest BCUT2D eigenvalue weighted by atomic mass is 9.77. The van der Waals surface area contributed by atoms with E-state index in [0.717, 1.165) is 45.2 Å². The molecule has 90 valence electrons. The number of fused-ring (bicyclic) bond motifs is 1. The standard InChI is InChI=1S/C12H19NO3/c14-9-16-8-7-13-6-2-3-10-11(13)4-1-5-12(10)15/h9-11H,1-8H2. The van der Waals surface area contributed by atoms with E-state index in [2.05, 4.69) is 4.90 Å². The zero-order chi connectivity index (χ0) is 11.4. The Morgan fingerprint density at radius 3 is 3.06 bits per heavy atom. The second-order valence-electron chi connectivity index (χ2n) is 4.68. The van der Waals surface area contributed by atoms with Gasteiger partial charge in [0, 0.05) is 24.9 Å². The van der Waals surface area contributed by atoms with Gasteiger partial charge in [0.05, 0.1) is 0 Å². The van der Waals surface area contributed by atoms with Gasteiger partial charge in [0.25, 0.3) is 6.47 Å². The molecule has 4 nitrogen and oxygen atoms in total. The molecule has 0 amide bonds. The Morgan fingerprint density at radius 1 is 1.38 bits per heavy atom. The predicted octanol–water partition coefficient (Wildman–Crippen LogP) is 0.993. The minimum Gasteiger partial charge on any atom is -0.467 e. The quantitative estimate of drug-likeness (QED) is 0.529. The fourth-order valence-corrected chi connectivity index (χ4v) is 3.05. The summed E-state index contributed by atoms with van der Waals surface area (Å²) in [6, 6.07) is 0.408. The maximum atomic E-state index is 11.8. The number of piperidine rings is 1. The number of hydrogen-bond acceptors (Lipinski definition) is 4. The second-order valence-corrected chi connectivity index (χ2v) is 4.68. The van der Waals surface area contributed by atoms with E-state index in [4.69, 9.17) is 4.74 Å². The van der Waals surface area contributed by atoms with Gasteiger partial charge in [-0.2, -0.15) is 0 Å². The number of ether oxygens (including phenoxy) is 1. The van der Waals surface area contributed by atoms with E-state index in [-0.39, 0.29) is 5.92 Å². The smallest absolute Gasteiger partial charge is 0.293 e. The van der Waals surface area contributed by atoms with Crippen LogP contribution >= 0.6 is 0 Å². The van der Waals surface area contributed by atoms with Gasteiger partial charge in [-0.15, -0.1) is 0 Å². The Kier molecular flexibility index (Phi) is 3.93. The van der Waals surface area contributed by atoms with Crippen LogP contribution in [-0.2, 0) is 14.3 Å². The molecule has 1 saturated heterocycles. The second kappa shape index (κ2) is 5.43. The average Bonchev–Trinajstić information content (AvgIpc) is 2.31. The molecule has 1 saturated carbocycles. The maximum absolute atomic E-state index is 11.8. The highest BCUT2D eigenvalue weighted by Crippen LogP contribution is 2.32. The summed E-state index contributed by atoms with van der Waals surface area (Å²) in [4.78, 5) is 24.2. The number of Topliss-reactive ketones (excluding diaryl/α,β-unsaturated/α-hetero) is 1. The molecule has 0 N–H and O–H groups in total. The van der Waals surface area contributed by atoms with E-state index in [9.17, 15) is 9.59 Å². The van der Waals surface area contributed by atoms with Crippen molar-refractivity contribution in [1.29, 1.82) is 0 Å². The molecule has 2 unspecified atom stereocenters. The number of likely N-dealkylation sites (tertiary alicyclic amines) is 1. The van der Waals surface area contributed by atoms with Gasteiger partial charge in [-0.1, -0.05) is 0 Å². The summed E-state index contributed by atoms with van der Waals surface area (Å²) in [6.07, 6.45) is 5.05. The molecule has 1 aliphatic heterocycles. The summed E-state index contributed by atoms with van der Waals surface area (Å²) < 4.78 is 4.74. The van der Waals surface area contributed by atoms with E-state index in [1.54, 1.807) is 0 Å². The molecule has 0 aromatic heterocycles. The first kappa shape index (κ1) is 11.6. The molecule has 2 aliphatic rings. The number of hydrogen-bond donors (Lipinski definition) is 0. The van der Waals surface area contributed by atoms with Crippen molar-refractivity contribution in [3.05, 3.63) is 0 Å². The van der Waals surface area contributed by atoms with Gasteiger partial charge in [-0.25, -0.2) is 0 Å². The molecule has 16 heavy (non-hydrogen) atoms. The molecular weight excluding hydrogens is 206 g/mol. The summed E-state index contributed by atoms with van der Waals surface area (Å²) in [5.74, 6) is 0.691. The van der Waals surface area contributed by atoms with Gasteiger partial charge >= 0.3 is 0 Å². The van der Waals surface area contributed by atoms with Crippen LogP contribution in [-0.4, -0.2) is 42.9 Å². The highest BCUT2D eigenvalue weighted by atomic mass is 16.5. The Bertz CT molecular complexity index is 267. The molecule has 1 heterocycles. The average molecular weight is 225 g/mol. The minimum atomic E-state index is 0.249. The van der Waals surface area contributed by atoms with Crippen LogP contribution in [0, 0.1) is 5.92 Å². The van der Waals surface area contributed by atoms with Gasteiger partial charge in [-0.3, -0.25) is 14.5 Å². The van der Waals surface area contributed by atoms with E-state index in [1.807, 2.05) is 0 Å². The summed E-state index contributed by atoms with van der Waals surface area (Å²) in [6.45, 7) is 2.75. The van der Waals surface area contributed by atoms with E-state index in [0.29, 0.717) is 24.9 Å². The lowest BCUT2D eigenvalue weighted by Gasteiger charge is -2.43. The Labute approximate surface area is 95.9 Å². The Hall–Kier alpha value is -0.900. The Morgan fingerprint density at radius 2 is 2.25 bits per heavy atom. The van der Waals surface area contributed by atoms with Crippen LogP contribution < -0.4 is 0 Å². The number of carbonyl (C=O) groups excluding carboxylic acids is 2. The van der Waals surface area contributed by atoms with Gasteiger partial charge in [0.2, 0.25) is 0 Å². The third kappa shape index (κ3) is 2.43. The van der Waals surface area contributed by atoms with Crippen LogP contribution in [0.15, 0.2) is 0 Å². The monoisotopic (exact) mass is 225 g/mol. The van der Waals surface area contributed by atoms with Gasteiger partial charge in [-0.05, 0) is 32.2 Å². The third-order valence-corrected chi connectivity index (χ3v) is 3.79. The first-order chi connectivity index (χ1) is 7.83. The van der Waals surface area contributed by atoms with Crippen LogP contribution in [0.1, 0.15) is 32.1 Å². The van der Waals surface area contributed by atoms with Gasteiger partial charge < -0.3 is 4.74 Å². The number of carbonyl (C=O) groups is 2. The van der Waals surface area contributed by atoms with E-state index in [1.165, 1.54) is 0 Å². The van der Waals surface area contributed by atoms with E-state index >= 15 is 0 Å². The van der Waals surface area contributed by atoms with Gasteiger partial charge in [0.15, 0.2) is 0 Å². The normalized spacial score (nSPS) is 30.9. The zero-order valence-corrected chi connectivity index (χ0v) is 9.56. The molecule has 2 rings (SSSR count). The fourth-order valence-electron chi connectivity index (χ4n) is 3.05. The molecular formula is C12H19NO3. The van der Waals surface area contributed by atoms with Crippen molar-refractivity contribution in [1.82, 2.24) is 4.90 Å². The summed E-state index contributed by atoms with van der Waals surface area (Å²) in [5, 5.41) is 0. The van der Waals surface area contributed by atoms with Crippen molar-refractivity contribution in [3.8, 4) is 0 Å². The van der Waals surface area contributed by atoms with Crippen LogP contribution in [0.3, 0.4) is 0 Å². The topological polar surface area (TPSA) is 46.6 Å². The first-order valence-electron chi connectivity index (χ1n) is 6.15. The molecule has 0 aromatic carbocycles. The lowest BCUT2D eigenvalue weighted by Crippen LogP contribution is -2.50. The molecule has 0 radical (unpaired) electrons. The first-order valence-corrected chi connectivity index (χ1v) is 6.15. The van der Waals surface area contributed by atoms with Crippen LogP contribution in [0.5, 0.6) is 0 Å². The number of ketones is 1. The maximum Gasteiger partial charge on any atom is 0.293 e. The molecule has 2 fully saturated rings. The highest BCUT2D eigenvalue weighted by molar-refractivity contribution is 5.82. The number of rotatable bonds is 4. The molecule has 2 atom stereocenters. The van der Waals surface area contributed by atoms with Crippen LogP contribution in [0.4, 0.5) is 0 Å². The molecule has 0 bridgehead atoms. The van der Waals surface area contributed by atoms with Crippen molar-refractivity contribution >= 4 is 12.3 Å². The summed E-state index contributed by atoms with van der Waals surface area (Å²) in [7, 11) is 0.